The van der Waals surface area contributed by atoms with Gasteiger partial charge in [-0.15, -0.1) is 0 Å². The van der Waals surface area contributed by atoms with E-state index in [2.05, 4.69) is 15.1 Å². The zero-order valence-corrected chi connectivity index (χ0v) is 17.6. The number of benzene rings is 2. The number of phenolic OH excluding ortho intramolecular Hbond substituents is 1. The first-order valence-electron chi connectivity index (χ1n) is 10.5. The molecule has 30 heavy (non-hydrogen) atoms. The highest BCUT2D eigenvalue weighted by atomic mass is 16.5. The number of anilines is 2. The molecule has 7 nitrogen and oxygen atoms in total. The Morgan fingerprint density at radius 1 is 1.20 bits per heavy atom. The van der Waals surface area contributed by atoms with Gasteiger partial charge in [-0.1, -0.05) is 0 Å². The second kappa shape index (κ2) is 8.83. The first kappa shape index (κ1) is 20.3. The smallest absolute Gasteiger partial charge is 0.238 e. The summed E-state index contributed by atoms with van der Waals surface area (Å²) >= 11 is 0. The molecule has 1 atom stereocenters. The Morgan fingerprint density at radius 3 is 2.63 bits per heavy atom. The largest absolute Gasteiger partial charge is 0.508 e. The van der Waals surface area contributed by atoms with Gasteiger partial charge < -0.3 is 24.8 Å². The number of piperazine rings is 1. The highest BCUT2D eigenvalue weighted by Crippen LogP contribution is 2.38. The van der Waals surface area contributed by atoms with Crippen molar-refractivity contribution in [3.05, 3.63) is 42.0 Å². The average Bonchev–Trinajstić information content (AvgIpc) is 3.08. The molecule has 4 rings (SSSR count). The van der Waals surface area contributed by atoms with Crippen LogP contribution in [0.2, 0.25) is 0 Å². The standard InChI is InChI=1S/C23H29N3O4/c1-3-29-22-13-17-12-16(2)30-21(17)14-20(22)24-23(28)15-25-8-10-26(11-9-25)18-4-6-19(27)7-5-18/h4-7,13-14,16,27H,3,8-12,15H2,1-2H3,(H,24,28). The predicted octanol–water partition coefficient (Wildman–Crippen LogP) is 2.88. The molecule has 0 spiro atoms. The number of phenols is 1. The maximum absolute atomic E-state index is 12.7. The van der Waals surface area contributed by atoms with Crippen LogP contribution >= 0.6 is 0 Å². The molecule has 2 aliphatic rings. The Bertz CT molecular complexity index is 892. The summed E-state index contributed by atoms with van der Waals surface area (Å²) in [6, 6.07) is 11.1. The summed E-state index contributed by atoms with van der Waals surface area (Å²) in [6.07, 6.45) is 1.000. The Morgan fingerprint density at radius 2 is 1.93 bits per heavy atom. The summed E-state index contributed by atoms with van der Waals surface area (Å²) in [6.45, 7) is 8.14. The van der Waals surface area contributed by atoms with Gasteiger partial charge in [-0.3, -0.25) is 9.69 Å². The van der Waals surface area contributed by atoms with Crippen LogP contribution in [0.15, 0.2) is 36.4 Å². The summed E-state index contributed by atoms with van der Waals surface area (Å²) in [4.78, 5) is 17.1. The lowest BCUT2D eigenvalue weighted by molar-refractivity contribution is -0.117. The van der Waals surface area contributed by atoms with Crippen LogP contribution < -0.4 is 19.7 Å². The van der Waals surface area contributed by atoms with Crippen LogP contribution in [0.25, 0.3) is 0 Å². The van der Waals surface area contributed by atoms with Gasteiger partial charge in [0.25, 0.3) is 0 Å². The number of carbonyl (C=O) groups is 1. The minimum absolute atomic E-state index is 0.0555. The third-order valence-electron chi connectivity index (χ3n) is 5.53. The molecule has 0 aromatic heterocycles. The van der Waals surface area contributed by atoms with Gasteiger partial charge in [0.1, 0.15) is 23.4 Å². The first-order chi connectivity index (χ1) is 14.5. The third kappa shape index (κ3) is 4.62. The van der Waals surface area contributed by atoms with Crippen LogP contribution in [-0.4, -0.2) is 61.3 Å². The summed E-state index contributed by atoms with van der Waals surface area (Å²) < 4.78 is 11.6. The van der Waals surface area contributed by atoms with Gasteiger partial charge in [0.15, 0.2) is 0 Å². The van der Waals surface area contributed by atoms with E-state index in [0.717, 1.165) is 49.6 Å². The number of nitrogens with one attached hydrogen (secondary N) is 1. The van der Waals surface area contributed by atoms with Gasteiger partial charge in [-0.2, -0.15) is 0 Å². The number of hydrogen-bond donors (Lipinski definition) is 2. The van der Waals surface area contributed by atoms with E-state index < -0.39 is 0 Å². The molecule has 2 aromatic carbocycles. The van der Waals surface area contributed by atoms with Crippen molar-refractivity contribution in [1.29, 1.82) is 0 Å². The number of hydrogen-bond acceptors (Lipinski definition) is 6. The van der Waals surface area contributed by atoms with Gasteiger partial charge in [-0.25, -0.2) is 0 Å². The molecule has 2 N–H and O–H groups in total. The number of ether oxygens (including phenoxy) is 2. The van der Waals surface area contributed by atoms with E-state index in [-0.39, 0.29) is 17.8 Å². The number of rotatable bonds is 6. The van der Waals surface area contributed by atoms with Crippen LogP contribution in [0.1, 0.15) is 19.4 Å². The Hall–Kier alpha value is -2.93. The van der Waals surface area contributed by atoms with Crippen molar-refractivity contribution in [2.24, 2.45) is 0 Å². The van der Waals surface area contributed by atoms with Gasteiger partial charge in [0.05, 0.1) is 18.8 Å². The maximum atomic E-state index is 12.7. The van der Waals surface area contributed by atoms with E-state index in [9.17, 15) is 9.90 Å². The van der Waals surface area contributed by atoms with Gasteiger partial charge >= 0.3 is 0 Å². The molecule has 1 fully saturated rings. The number of aromatic hydroxyl groups is 1. The van der Waals surface area contributed by atoms with Crippen molar-refractivity contribution in [3.8, 4) is 17.2 Å². The van der Waals surface area contributed by atoms with Gasteiger partial charge in [-0.05, 0) is 44.2 Å². The van der Waals surface area contributed by atoms with Crippen LogP contribution in [0.5, 0.6) is 17.2 Å². The lowest BCUT2D eigenvalue weighted by Crippen LogP contribution is -2.48. The highest BCUT2D eigenvalue weighted by Gasteiger charge is 2.24. The summed E-state index contributed by atoms with van der Waals surface area (Å²) in [5.74, 6) is 1.73. The van der Waals surface area contributed by atoms with Crippen molar-refractivity contribution in [1.82, 2.24) is 4.90 Å². The minimum atomic E-state index is -0.0555. The fourth-order valence-electron chi connectivity index (χ4n) is 4.03. The number of fused-ring (bicyclic) bond motifs is 1. The fraction of sp³-hybridized carbons (Fsp3) is 0.435. The Balaban J connectivity index is 1.34. The SMILES string of the molecule is CCOc1cc2c(cc1NC(=O)CN1CCN(c3ccc(O)cc3)CC1)OC(C)C2. The normalized spacial score (nSPS) is 18.6. The molecule has 0 bridgehead atoms. The van der Waals surface area contributed by atoms with E-state index >= 15 is 0 Å². The van der Waals surface area contributed by atoms with Crippen molar-refractivity contribution in [3.63, 3.8) is 0 Å². The summed E-state index contributed by atoms with van der Waals surface area (Å²) in [5, 5.41) is 12.5. The van der Waals surface area contributed by atoms with Crippen LogP contribution in [0.4, 0.5) is 11.4 Å². The minimum Gasteiger partial charge on any atom is -0.508 e. The molecule has 0 radical (unpaired) electrons. The van der Waals surface area contributed by atoms with Crippen molar-refractivity contribution in [2.75, 3.05) is 49.5 Å². The molecule has 160 valence electrons. The molecule has 1 unspecified atom stereocenters. The summed E-state index contributed by atoms with van der Waals surface area (Å²) in [7, 11) is 0. The van der Waals surface area contributed by atoms with Crippen molar-refractivity contribution >= 4 is 17.3 Å². The fourth-order valence-corrected chi connectivity index (χ4v) is 4.03. The topological polar surface area (TPSA) is 74.3 Å². The van der Waals surface area contributed by atoms with E-state index in [0.29, 0.717) is 24.6 Å². The highest BCUT2D eigenvalue weighted by molar-refractivity contribution is 5.94. The second-order valence-corrected chi connectivity index (χ2v) is 7.85. The predicted molar refractivity (Wildman–Crippen MR) is 117 cm³/mol. The van der Waals surface area contributed by atoms with E-state index in [1.54, 1.807) is 12.1 Å². The van der Waals surface area contributed by atoms with Crippen molar-refractivity contribution < 1.29 is 19.4 Å². The van der Waals surface area contributed by atoms with E-state index in [4.69, 9.17) is 9.47 Å². The monoisotopic (exact) mass is 411 g/mol. The lowest BCUT2D eigenvalue weighted by atomic mass is 10.1. The third-order valence-corrected chi connectivity index (χ3v) is 5.53. The molecule has 7 heteroatoms. The maximum Gasteiger partial charge on any atom is 0.238 e. The molecule has 0 aliphatic carbocycles. The number of nitrogens with zero attached hydrogens (tertiary/aromatic N) is 2. The van der Waals surface area contributed by atoms with Gasteiger partial charge in [0, 0.05) is 49.9 Å². The molecule has 1 saturated heterocycles. The zero-order valence-electron chi connectivity index (χ0n) is 17.6. The van der Waals surface area contributed by atoms with E-state index in [1.165, 1.54) is 0 Å². The van der Waals surface area contributed by atoms with Crippen molar-refractivity contribution in [2.45, 2.75) is 26.4 Å². The molecule has 0 saturated carbocycles. The molecule has 2 heterocycles. The lowest BCUT2D eigenvalue weighted by Gasteiger charge is -2.35. The summed E-state index contributed by atoms with van der Waals surface area (Å²) in [5.41, 5.74) is 2.87. The molecule has 1 amide bonds. The van der Waals surface area contributed by atoms with Crippen LogP contribution in [0.3, 0.4) is 0 Å². The van der Waals surface area contributed by atoms with Crippen LogP contribution in [-0.2, 0) is 11.2 Å². The molecular weight excluding hydrogens is 382 g/mol. The Labute approximate surface area is 177 Å². The number of amides is 1. The van der Waals surface area contributed by atoms with Crippen LogP contribution in [0, 0.1) is 0 Å². The molecule has 2 aliphatic heterocycles. The van der Waals surface area contributed by atoms with Gasteiger partial charge in [0.2, 0.25) is 5.91 Å². The quantitative estimate of drug-likeness (QED) is 0.762. The first-order valence-corrected chi connectivity index (χ1v) is 10.5. The number of carbonyl (C=O) groups excluding carboxylic acids is 1. The molecule has 2 aromatic rings. The average molecular weight is 412 g/mol. The molecular formula is C23H29N3O4. The zero-order chi connectivity index (χ0) is 21.1. The van der Waals surface area contributed by atoms with E-state index in [1.807, 2.05) is 38.1 Å². The second-order valence-electron chi connectivity index (χ2n) is 7.85. The Kier molecular flexibility index (Phi) is 5.99.